The normalized spacial score (nSPS) is 27.6. The van der Waals surface area contributed by atoms with E-state index in [4.69, 9.17) is 0 Å². The highest BCUT2D eigenvalue weighted by atomic mass is 16.5. The molecular weight excluding hydrogens is 204 g/mol. The summed E-state index contributed by atoms with van der Waals surface area (Å²) >= 11 is 0. The van der Waals surface area contributed by atoms with Gasteiger partial charge in [0.15, 0.2) is 0 Å². The van der Waals surface area contributed by atoms with Crippen LogP contribution in [0.25, 0.3) is 0 Å². The fourth-order valence-corrected chi connectivity index (χ4v) is 2.21. The molecule has 1 saturated heterocycles. The molecule has 1 aliphatic heterocycles. The van der Waals surface area contributed by atoms with E-state index in [-0.39, 0.29) is 17.2 Å². The van der Waals surface area contributed by atoms with Crippen molar-refractivity contribution in [1.82, 2.24) is 10.2 Å². The number of likely N-dealkylation sites (tertiary alicyclic amines) is 1. The molecule has 1 fully saturated rings. The van der Waals surface area contributed by atoms with Crippen LogP contribution in [0.15, 0.2) is 0 Å². The highest BCUT2D eigenvalue weighted by Gasteiger charge is 2.36. The Labute approximate surface area is 98.3 Å². The van der Waals surface area contributed by atoms with Crippen molar-refractivity contribution in [2.24, 2.45) is 0 Å². The van der Waals surface area contributed by atoms with Gasteiger partial charge in [0.1, 0.15) is 0 Å². The number of piperidine rings is 1. The number of ether oxygens (including phenoxy) is 1. The van der Waals surface area contributed by atoms with Gasteiger partial charge in [-0.2, -0.15) is 0 Å². The van der Waals surface area contributed by atoms with Gasteiger partial charge < -0.3 is 10.1 Å². The highest BCUT2D eigenvalue weighted by molar-refractivity contribution is 5.68. The average Bonchev–Trinajstić information content (AvgIpc) is 2.15. The molecule has 0 radical (unpaired) electrons. The minimum absolute atomic E-state index is 0.152. The van der Waals surface area contributed by atoms with Crippen LogP contribution in [-0.4, -0.2) is 42.3 Å². The molecule has 4 heteroatoms. The van der Waals surface area contributed by atoms with Crippen molar-refractivity contribution >= 4 is 6.09 Å². The smallest absolute Gasteiger partial charge is 0.407 e. The van der Waals surface area contributed by atoms with Crippen molar-refractivity contribution in [3.05, 3.63) is 0 Å². The van der Waals surface area contributed by atoms with Gasteiger partial charge in [-0.15, -0.1) is 0 Å². The summed E-state index contributed by atoms with van der Waals surface area (Å²) in [6, 6.07) is 0. The number of carbonyl (C=O) groups is 1. The number of rotatable bonds is 1. The minimum atomic E-state index is -0.335. The van der Waals surface area contributed by atoms with Crippen LogP contribution in [0.5, 0.6) is 0 Å². The number of alkyl carbamates (subject to hydrolysis) is 1. The van der Waals surface area contributed by atoms with E-state index in [1.54, 1.807) is 0 Å². The molecule has 1 amide bonds. The van der Waals surface area contributed by atoms with Crippen LogP contribution < -0.4 is 5.32 Å². The van der Waals surface area contributed by atoms with E-state index in [9.17, 15) is 4.79 Å². The predicted octanol–water partition coefficient (Wildman–Crippen LogP) is 2.00. The van der Waals surface area contributed by atoms with Crippen molar-refractivity contribution in [3.8, 4) is 0 Å². The zero-order valence-electron chi connectivity index (χ0n) is 11.1. The quantitative estimate of drug-likeness (QED) is 0.746. The molecule has 0 aromatic heterocycles. The third kappa shape index (κ3) is 3.37. The fraction of sp³-hybridized carbons (Fsp3) is 0.917. The van der Waals surface area contributed by atoms with E-state index >= 15 is 0 Å². The highest BCUT2D eigenvalue weighted by Crippen LogP contribution is 2.26. The van der Waals surface area contributed by atoms with Gasteiger partial charge in [0.25, 0.3) is 0 Å². The van der Waals surface area contributed by atoms with E-state index in [2.05, 4.69) is 42.6 Å². The Morgan fingerprint density at radius 1 is 1.44 bits per heavy atom. The van der Waals surface area contributed by atoms with Crippen molar-refractivity contribution in [3.63, 3.8) is 0 Å². The van der Waals surface area contributed by atoms with Crippen LogP contribution in [0, 0.1) is 0 Å². The Hall–Kier alpha value is -0.770. The molecule has 4 nitrogen and oxygen atoms in total. The molecule has 1 atom stereocenters. The average molecular weight is 228 g/mol. The fourth-order valence-electron chi connectivity index (χ4n) is 2.21. The van der Waals surface area contributed by atoms with Crippen LogP contribution in [0.1, 0.15) is 40.5 Å². The number of amides is 1. The van der Waals surface area contributed by atoms with Gasteiger partial charge in [0.2, 0.25) is 0 Å². The first-order chi connectivity index (χ1) is 7.27. The lowest BCUT2D eigenvalue weighted by atomic mass is 9.88. The number of nitrogens with one attached hydrogen (secondary N) is 1. The molecule has 1 heterocycles. The van der Waals surface area contributed by atoms with E-state index in [0.29, 0.717) is 0 Å². The maximum absolute atomic E-state index is 11.3. The summed E-state index contributed by atoms with van der Waals surface area (Å²) in [5, 5.41) is 2.94. The van der Waals surface area contributed by atoms with Crippen molar-refractivity contribution < 1.29 is 9.53 Å². The minimum Gasteiger partial charge on any atom is -0.453 e. The summed E-state index contributed by atoms with van der Waals surface area (Å²) in [7, 11) is 1.41. The largest absolute Gasteiger partial charge is 0.453 e. The molecule has 1 rings (SSSR count). The van der Waals surface area contributed by atoms with Crippen molar-refractivity contribution in [2.45, 2.75) is 51.6 Å². The van der Waals surface area contributed by atoms with Crippen LogP contribution in [0.3, 0.4) is 0 Å². The Bertz CT molecular complexity index is 260. The van der Waals surface area contributed by atoms with Gasteiger partial charge in [-0.05, 0) is 47.1 Å². The van der Waals surface area contributed by atoms with Gasteiger partial charge in [-0.3, -0.25) is 4.90 Å². The molecule has 0 unspecified atom stereocenters. The van der Waals surface area contributed by atoms with Gasteiger partial charge in [0, 0.05) is 12.1 Å². The SMILES string of the molecule is COC(=O)N[C@]1(C)CCCN(C(C)(C)C)C1. The number of hydrogen-bond acceptors (Lipinski definition) is 3. The third-order valence-corrected chi connectivity index (χ3v) is 3.23. The van der Waals surface area contributed by atoms with E-state index in [1.807, 2.05) is 0 Å². The second-order valence-corrected chi connectivity index (χ2v) is 5.87. The van der Waals surface area contributed by atoms with Crippen LogP contribution in [-0.2, 0) is 4.74 Å². The maximum atomic E-state index is 11.3. The maximum Gasteiger partial charge on any atom is 0.407 e. The van der Waals surface area contributed by atoms with Gasteiger partial charge in [-0.25, -0.2) is 4.79 Å². The number of nitrogens with zero attached hydrogens (tertiary/aromatic N) is 1. The first-order valence-corrected chi connectivity index (χ1v) is 5.88. The van der Waals surface area contributed by atoms with Crippen LogP contribution in [0.2, 0.25) is 0 Å². The first-order valence-electron chi connectivity index (χ1n) is 5.88. The van der Waals surface area contributed by atoms with Crippen molar-refractivity contribution in [1.29, 1.82) is 0 Å². The zero-order valence-corrected chi connectivity index (χ0v) is 11.1. The molecule has 16 heavy (non-hydrogen) atoms. The molecule has 0 spiro atoms. The van der Waals surface area contributed by atoms with E-state index in [0.717, 1.165) is 25.9 Å². The second-order valence-electron chi connectivity index (χ2n) is 5.87. The van der Waals surface area contributed by atoms with Crippen LogP contribution in [0.4, 0.5) is 4.79 Å². The molecular formula is C12H24N2O2. The molecule has 0 saturated carbocycles. The molecule has 0 aromatic rings. The molecule has 94 valence electrons. The topological polar surface area (TPSA) is 41.6 Å². The second kappa shape index (κ2) is 4.62. The number of hydrogen-bond donors (Lipinski definition) is 1. The Morgan fingerprint density at radius 2 is 2.06 bits per heavy atom. The van der Waals surface area contributed by atoms with Crippen molar-refractivity contribution in [2.75, 3.05) is 20.2 Å². The van der Waals surface area contributed by atoms with Gasteiger partial charge >= 0.3 is 6.09 Å². The first kappa shape index (κ1) is 13.3. The zero-order chi connectivity index (χ0) is 12.4. The molecule has 1 N–H and O–H groups in total. The summed E-state index contributed by atoms with van der Waals surface area (Å²) in [5.41, 5.74) is -0.0158. The van der Waals surface area contributed by atoms with Gasteiger partial charge in [0.05, 0.1) is 12.6 Å². The summed E-state index contributed by atoms with van der Waals surface area (Å²) in [6.07, 6.45) is 1.78. The summed E-state index contributed by atoms with van der Waals surface area (Å²) < 4.78 is 4.67. The lowest BCUT2D eigenvalue weighted by Crippen LogP contribution is -2.60. The number of carbonyl (C=O) groups excluding carboxylic acids is 1. The summed E-state index contributed by atoms with van der Waals surface area (Å²) in [6.45, 7) is 10.7. The van der Waals surface area contributed by atoms with E-state index in [1.165, 1.54) is 7.11 Å². The van der Waals surface area contributed by atoms with Crippen LogP contribution >= 0.6 is 0 Å². The lowest BCUT2D eigenvalue weighted by Gasteiger charge is -2.46. The lowest BCUT2D eigenvalue weighted by molar-refractivity contribution is 0.0541. The van der Waals surface area contributed by atoms with Gasteiger partial charge in [-0.1, -0.05) is 0 Å². The Kier molecular flexibility index (Phi) is 3.84. The molecule has 0 bridgehead atoms. The molecule has 0 aliphatic carbocycles. The molecule has 0 aromatic carbocycles. The monoisotopic (exact) mass is 228 g/mol. The molecule has 1 aliphatic rings. The summed E-state index contributed by atoms with van der Waals surface area (Å²) in [4.78, 5) is 13.7. The standard InChI is InChI=1S/C12H24N2O2/c1-11(2,3)14-8-6-7-12(4,9-14)13-10(15)16-5/h6-9H2,1-5H3,(H,13,15)/t12-/m1/s1. The Balaban J connectivity index is 2.64. The van der Waals surface area contributed by atoms with E-state index < -0.39 is 0 Å². The number of methoxy groups -OCH3 is 1. The Morgan fingerprint density at radius 3 is 2.56 bits per heavy atom. The summed E-state index contributed by atoms with van der Waals surface area (Å²) in [5.74, 6) is 0. The predicted molar refractivity (Wildman–Crippen MR) is 64.5 cm³/mol. The third-order valence-electron chi connectivity index (χ3n) is 3.23.